The largest absolute Gasteiger partial charge is 0.388 e. The molecule has 1 heterocycles. The molecule has 0 fully saturated rings. The molecule has 2 aromatic carbocycles. The van der Waals surface area contributed by atoms with Crippen molar-refractivity contribution in [3.05, 3.63) is 71.2 Å². The lowest BCUT2D eigenvalue weighted by molar-refractivity contribution is 0.176. The lowest BCUT2D eigenvalue weighted by Crippen LogP contribution is -1.95. The number of nitrogens with one attached hydrogen (secondary N) is 1. The van der Waals surface area contributed by atoms with Crippen molar-refractivity contribution in [2.75, 3.05) is 0 Å². The van der Waals surface area contributed by atoms with Gasteiger partial charge in [0, 0.05) is 17.5 Å². The van der Waals surface area contributed by atoms with Gasteiger partial charge in [-0.05, 0) is 29.2 Å². The molecular formula is C17H14FNO. The Morgan fingerprint density at radius 3 is 2.65 bits per heavy atom. The average Bonchev–Trinajstić information content (AvgIpc) is 3.02. The Morgan fingerprint density at radius 2 is 1.80 bits per heavy atom. The fraction of sp³-hybridized carbons (Fsp3) is 0.176. The Bertz CT molecular complexity index is 793. The van der Waals surface area contributed by atoms with Crippen LogP contribution in [-0.2, 0) is 0 Å². The van der Waals surface area contributed by atoms with Crippen LogP contribution >= 0.6 is 0 Å². The monoisotopic (exact) mass is 267 g/mol. The number of rotatable bonds is 1. The van der Waals surface area contributed by atoms with E-state index in [1.54, 1.807) is 6.07 Å². The number of halogens is 1. The van der Waals surface area contributed by atoms with Crippen molar-refractivity contribution in [2.24, 2.45) is 0 Å². The summed E-state index contributed by atoms with van der Waals surface area (Å²) in [4.78, 5) is 3.02. The summed E-state index contributed by atoms with van der Waals surface area (Å²) in [6, 6.07) is 13.1. The van der Waals surface area contributed by atoms with Gasteiger partial charge in [-0.15, -0.1) is 0 Å². The number of H-pyrrole nitrogens is 1. The van der Waals surface area contributed by atoms with Gasteiger partial charge in [0.15, 0.2) is 0 Å². The third kappa shape index (κ3) is 1.53. The number of hydrogen-bond acceptors (Lipinski definition) is 1. The molecule has 0 saturated carbocycles. The molecule has 2 nitrogen and oxygen atoms in total. The van der Waals surface area contributed by atoms with Gasteiger partial charge in [0.05, 0.1) is 11.6 Å². The molecule has 0 radical (unpaired) electrons. The van der Waals surface area contributed by atoms with Gasteiger partial charge < -0.3 is 10.1 Å². The number of hydrogen-bond donors (Lipinski definition) is 2. The van der Waals surface area contributed by atoms with Gasteiger partial charge in [0.1, 0.15) is 5.82 Å². The number of aromatic nitrogens is 1. The van der Waals surface area contributed by atoms with Crippen molar-refractivity contribution in [3.63, 3.8) is 0 Å². The van der Waals surface area contributed by atoms with Crippen LogP contribution in [0, 0.1) is 5.82 Å². The minimum absolute atomic E-state index is 0.122. The Morgan fingerprint density at radius 1 is 1.00 bits per heavy atom. The summed E-state index contributed by atoms with van der Waals surface area (Å²) in [6.45, 7) is 0. The van der Waals surface area contributed by atoms with E-state index in [9.17, 15) is 9.50 Å². The molecular weight excluding hydrogens is 253 g/mol. The molecule has 4 rings (SSSR count). The molecule has 0 unspecified atom stereocenters. The second-order valence-electron chi connectivity index (χ2n) is 5.34. The van der Waals surface area contributed by atoms with E-state index >= 15 is 0 Å². The number of benzene rings is 2. The van der Waals surface area contributed by atoms with Crippen molar-refractivity contribution in [2.45, 2.75) is 18.4 Å². The lowest BCUT2D eigenvalue weighted by atomic mass is 9.93. The molecule has 2 N–H and O–H groups in total. The van der Waals surface area contributed by atoms with Crippen molar-refractivity contribution in [3.8, 4) is 0 Å². The van der Waals surface area contributed by atoms with E-state index in [1.807, 2.05) is 36.5 Å². The molecule has 0 saturated heterocycles. The molecule has 3 heteroatoms. The predicted octanol–water partition coefficient (Wildman–Crippen LogP) is 3.88. The van der Waals surface area contributed by atoms with E-state index in [-0.39, 0.29) is 11.7 Å². The molecule has 20 heavy (non-hydrogen) atoms. The molecule has 0 spiro atoms. The van der Waals surface area contributed by atoms with Crippen molar-refractivity contribution < 1.29 is 9.50 Å². The Balaban J connectivity index is 1.91. The van der Waals surface area contributed by atoms with Gasteiger partial charge in [0.2, 0.25) is 0 Å². The molecule has 0 amide bonds. The summed E-state index contributed by atoms with van der Waals surface area (Å²) >= 11 is 0. The first-order valence-electron chi connectivity index (χ1n) is 6.78. The Labute approximate surface area is 115 Å². The summed E-state index contributed by atoms with van der Waals surface area (Å²) < 4.78 is 13.8. The van der Waals surface area contributed by atoms with Crippen molar-refractivity contribution >= 4 is 10.9 Å². The highest BCUT2D eigenvalue weighted by molar-refractivity contribution is 5.85. The first-order valence-corrected chi connectivity index (χ1v) is 6.78. The third-order valence-corrected chi connectivity index (χ3v) is 4.26. The maximum atomic E-state index is 13.8. The quantitative estimate of drug-likeness (QED) is 0.689. The summed E-state index contributed by atoms with van der Waals surface area (Å²) in [6.07, 6.45) is 2.09. The van der Waals surface area contributed by atoms with E-state index in [1.165, 1.54) is 6.07 Å². The Hall–Kier alpha value is -2.13. The van der Waals surface area contributed by atoms with Gasteiger partial charge in [-0.3, -0.25) is 0 Å². The van der Waals surface area contributed by atoms with Crippen LogP contribution in [0.15, 0.2) is 48.7 Å². The molecule has 1 aliphatic carbocycles. The fourth-order valence-corrected chi connectivity index (χ4v) is 3.33. The number of aliphatic hydroxyl groups excluding tert-OH is 1. The van der Waals surface area contributed by atoms with E-state index in [4.69, 9.17) is 0 Å². The zero-order valence-electron chi connectivity index (χ0n) is 10.8. The van der Waals surface area contributed by atoms with E-state index in [0.717, 1.165) is 22.1 Å². The van der Waals surface area contributed by atoms with Crippen molar-refractivity contribution in [1.29, 1.82) is 0 Å². The number of aliphatic hydroxyl groups is 1. The SMILES string of the molecule is O[C@@H]1C[C@H](c2c[nH]c3c(F)cccc23)c2ccccc21. The highest BCUT2D eigenvalue weighted by atomic mass is 19.1. The number of aromatic amines is 1. The van der Waals surface area contributed by atoms with Crippen LogP contribution in [0.5, 0.6) is 0 Å². The summed E-state index contributed by atoms with van der Waals surface area (Å²) in [7, 11) is 0. The molecule has 0 bridgehead atoms. The zero-order valence-corrected chi connectivity index (χ0v) is 10.8. The summed E-state index contributed by atoms with van der Waals surface area (Å²) in [5.74, 6) is -0.114. The number of para-hydroxylation sites is 1. The first-order chi connectivity index (χ1) is 9.75. The summed E-state index contributed by atoms with van der Waals surface area (Å²) in [5.41, 5.74) is 3.73. The molecule has 3 aromatic rings. The zero-order chi connectivity index (χ0) is 13.7. The van der Waals surface area contributed by atoms with Crippen LogP contribution in [-0.4, -0.2) is 10.1 Å². The predicted molar refractivity (Wildman–Crippen MR) is 76.1 cm³/mol. The molecule has 2 atom stereocenters. The van der Waals surface area contributed by atoms with Crippen LogP contribution in [0.25, 0.3) is 10.9 Å². The highest BCUT2D eigenvalue weighted by Crippen LogP contribution is 2.45. The maximum Gasteiger partial charge on any atom is 0.147 e. The third-order valence-electron chi connectivity index (χ3n) is 4.26. The van der Waals surface area contributed by atoms with E-state index in [2.05, 4.69) is 4.98 Å². The average molecular weight is 267 g/mol. The highest BCUT2D eigenvalue weighted by Gasteiger charge is 2.31. The molecule has 1 aliphatic rings. The smallest absolute Gasteiger partial charge is 0.147 e. The Kier molecular flexibility index (Phi) is 2.44. The first kappa shape index (κ1) is 11.7. The molecule has 1 aromatic heterocycles. The molecule has 100 valence electrons. The van der Waals surface area contributed by atoms with E-state index < -0.39 is 6.10 Å². The van der Waals surface area contributed by atoms with Gasteiger partial charge in [-0.2, -0.15) is 0 Å². The van der Waals surface area contributed by atoms with Gasteiger partial charge in [-0.25, -0.2) is 4.39 Å². The van der Waals surface area contributed by atoms with Gasteiger partial charge >= 0.3 is 0 Å². The summed E-state index contributed by atoms with van der Waals surface area (Å²) in [5, 5.41) is 11.1. The lowest BCUT2D eigenvalue weighted by Gasteiger charge is -2.10. The van der Waals surface area contributed by atoms with Gasteiger partial charge in [0.25, 0.3) is 0 Å². The van der Waals surface area contributed by atoms with Crippen LogP contribution < -0.4 is 0 Å². The van der Waals surface area contributed by atoms with Crippen LogP contribution in [0.3, 0.4) is 0 Å². The molecule has 0 aliphatic heterocycles. The van der Waals surface area contributed by atoms with E-state index in [0.29, 0.717) is 11.9 Å². The second-order valence-corrected chi connectivity index (χ2v) is 5.34. The van der Waals surface area contributed by atoms with Gasteiger partial charge in [-0.1, -0.05) is 36.4 Å². The van der Waals surface area contributed by atoms with Crippen LogP contribution in [0.4, 0.5) is 4.39 Å². The normalized spacial score (nSPS) is 21.3. The maximum absolute atomic E-state index is 13.8. The second kappa shape index (κ2) is 4.18. The minimum atomic E-state index is -0.435. The standard InChI is InChI=1S/C17H14FNO/c18-15-7-3-6-12-14(9-19-17(12)15)13-8-16(20)11-5-2-1-4-10(11)13/h1-7,9,13,16,19-20H,8H2/t13-,16+/m0/s1. The van der Waals surface area contributed by atoms with Crippen LogP contribution in [0.1, 0.15) is 35.1 Å². The topological polar surface area (TPSA) is 36.0 Å². The minimum Gasteiger partial charge on any atom is -0.388 e. The van der Waals surface area contributed by atoms with Crippen molar-refractivity contribution in [1.82, 2.24) is 4.98 Å². The number of fused-ring (bicyclic) bond motifs is 2. The van der Waals surface area contributed by atoms with Crippen LogP contribution in [0.2, 0.25) is 0 Å². The fourth-order valence-electron chi connectivity index (χ4n) is 3.33.